The Balaban J connectivity index is 1.70. The fourth-order valence-electron chi connectivity index (χ4n) is 3.10. The Bertz CT molecular complexity index is 563. The summed E-state index contributed by atoms with van der Waals surface area (Å²) in [4.78, 5) is 25.7. The number of morpholine rings is 1. The van der Waals surface area contributed by atoms with Crippen LogP contribution in [0.15, 0.2) is 11.2 Å². The molecule has 126 valence electrons. The molecule has 1 aromatic heterocycles. The van der Waals surface area contributed by atoms with Crippen molar-refractivity contribution in [3.63, 3.8) is 0 Å². The lowest BCUT2D eigenvalue weighted by molar-refractivity contribution is -0.145. The number of aromatic nitrogens is 2. The maximum atomic E-state index is 12.7. The lowest BCUT2D eigenvalue weighted by Crippen LogP contribution is -2.52. The zero-order valence-electron chi connectivity index (χ0n) is 13.8. The maximum Gasteiger partial charge on any atom is 0.253 e. The van der Waals surface area contributed by atoms with Crippen molar-refractivity contribution in [2.75, 3.05) is 43.9 Å². The van der Waals surface area contributed by atoms with Gasteiger partial charge in [0.1, 0.15) is 5.82 Å². The molecule has 3 heterocycles. The van der Waals surface area contributed by atoms with Gasteiger partial charge in [0.25, 0.3) is 5.91 Å². The van der Waals surface area contributed by atoms with Crippen LogP contribution in [-0.2, 0) is 9.53 Å². The molecule has 0 N–H and O–H groups in total. The van der Waals surface area contributed by atoms with E-state index < -0.39 is 0 Å². The second-order valence-corrected chi connectivity index (χ2v) is 6.82. The topological polar surface area (TPSA) is 58.6 Å². The molecule has 1 atom stereocenters. The highest BCUT2D eigenvalue weighted by Gasteiger charge is 2.31. The number of hydrogen-bond acceptors (Lipinski definition) is 6. The Hall–Kier alpha value is -1.34. The molecule has 0 spiro atoms. The van der Waals surface area contributed by atoms with Crippen LogP contribution in [0.2, 0.25) is 0 Å². The van der Waals surface area contributed by atoms with Crippen molar-refractivity contribution in [1.82, 2.24) is 14.9 Å². The van der Waals surface area contributed by atoms with Crippen molar-refractivity contribution in [3.8, 4) is 0 Å². The predicted molar refractivity (Wildman–Crippen MR) is 90.9 cm³/mol. The van der Waals surface area contributed by atoms with Crippen LogP contribution in [0.3, 0.4) is 0 Å². The molecule has 2 saturated heterocycles. The molecule has 1 aromatic rings. The molecule has 3 rings (SSSR count). The number of piperidine rings is 1. The third-order valence-electron chi connectivity index (χ3n) is 4.34. The average Bonchev–Trinajstić information content (AvgIpc) is 2.61. The first kappa shape index (κ1) is 16.5. The maximum absolute atomic E-state index is 12.7. The number of thioether (sulfide) groups is 1. The summed E-state index contributed by atoms with van der Waals surface area (Å²) in [6, 6.07) is 1.98. The first-order valence-electron chi connectivity index (χ1n) is 8.22. The summed E-state index contributed by atoms with van der Waals surface area (Å²) in [6.45, 7) is 5.58. The monoisotopic (exact) mass is 336 g/mol. The number of carbonyl (C=O) groups excluding carboxylic acids is 1. The Morgan fingerprint density at radius 2 is 2.04 bits per heavy atom. The highest BCUT2D eigenvalue weighted by Crippen LogP contribution is 2.21. The molecule has 0 aromatic carbocycles. The first-order valence-corrected chi connectivity index (χ1v) is 9.45. The quantitative estimate of drug-likeness (QED) is 0.619. The van der Waals surface area contributed by atoms with Gasteiger partial charge in [0, 0.05) is 31.4 Å². The van der Waals surface area contributed by atoms with Crippen LogP contribution < -0.4 is 4.90 Å². The Morgan fingerprint density at radius 1 is 1.26 bits per heavy atom. The third-order valence-corrected chi connectivity index (χ3v) is 4.88. The third kappa shape index (κ3) is 3.95. The zero-order chi connectivity index (χ0) is 16.2. The molecule has 7 heteroatoms. The van der Waals surface area contributed by atoms with E-state index in [1.165, 1.54) is 18.2 Å². The molecule has 0 radical (unpaired) electrons. The molecule has 2 aliphatic heterocycles. The minimum absolute atomic E-state index is 0.130. The SMILES string of the molecule is CSc1nc(C)cc(N2CCOC(C(=O)N3CCCCC3)C2)n1. The fraction of sp³-hybridized carbons (Fsp3) is 0.688. The molecule has 0 bridgehead atoms. The minimum atomic E-state index is -0.380. The molecule has 2 fully saturated rings. The van der Waals surface area contributed by atoms with E-state index in [0.29, 0.717) is 13.2 Å². The van der Waals surface area contributed by atoms with E-state index in [1.807, 2.05) is 24.1 Å². The van der Waals surface area contributed by atoms with Gasteiger partial charge in [-0.05, 0) is 32.4 Å². The number of aryl methyl sites for hydroxylation is 1. The van der Waals surface area contributed by atoms with E-state index in [2.05, 4.69) is 14.9 Å². The Labute approximate surface area is 141 Å². The zero-order valence-corrected chi connectivity index (χ0v) is 14.6. The average molecular weight is 336 g/mol. The number of nitrogens with zero attached hydrogens (tertiary/aromatic N) is 4. The number of hydrogen-bond donors (Lipinski definition) is 0. The van der Waals surface area contributed by atoms with Gasteiger partial charge in [0.15, 0.2) is 11.3 Å². The normalized spacial score (nSPS) is 22.3. The van der Waals surface area contributed by atoms with E-state index in [9.17, 15) is 4.79 Å². The molecule has 1 unspecified atom stereocenters. The van der Waals surface area contributed by atoms with Crippen molar-refractivity contribution >= 4 is 23.5 Å². The molecule has 6 nitrogen and oxygen atoms in total. The van der Waals surface area contributed by atoms with Crippen LogP contribution in [0.5, 0.6) is 0 Å². The van der Waals surface area contributed by atoms with E-state index >= 15 is 0 Å². The van der Waals surface area contributed by atoms with Crippen LogP contribution in [0.4, 0.5) is 5.82 Å². The summed E-state index contributed by atoms with van der Waals surface area (Å²) in [6.07, 6.45) is 5.02. The molecule has 23 heavy (non-hydrogen) atoms. The summed E-state index contributed by atoms with van der Waals surface area (Å²) in [5, 5.41) is 0.769. The lowest BCUT2D eigenvalue weighted by Gasteiger charge is -2.36. The Kier molecular flexibility index (Phi) is 5.38. The lowest BCUT2D eigenvalue weighted by atomic mass is 10.1. The summed E-state index contributed by atoms with van der Waals surface area (Å²) in [5.41, 5.74) is 0.949. The molecule has 2 aliphatic rings. The summed E-state index contributed by atoms with van der Waals surface area (Å²) >= 11 is 1.54. The summed E-state index contributed by atoms with van der Waals surface area (Å²) in [5.74, 6) is 1.02. The number of amides is 1. The van der Waals surface area contributed by atoms with Crippen LogP contribution in [0.25, 0.3) is 0 Å². The van der Waals surface area contributed by atoms with Gasteiger partial charge in [-0.25, -0.2) is 9.97 Å². The van der Waals surface area contributed by atoms with E-state index in [-0.39, 0.29) is 12.0 Å². The number of ether oxygens (including phenoxy) is 1. The molecule has 1 amide bonds. The first-order chi connectivity index (χ1) is 11.2. The standard InChI is InChI=1S/C16H24N4O2S/c1-12-10-14(18-16(17-12)23-2)20-8-9-22-13(11-20)15(21)19-6-4-3-5-7-19/h10,13H,3-9,11H2,1-2H3. The van der Waals surface area contributed by atoms with Gasteiger partial charge < -0.3 is 14.5 Å². The van der Waals surface area contributed by atoms with Gasteiger partial charge in [-0.15, -0.1) is 0 Å². The van der Waals surface area contributed by atoms with Gasteiger partial charge in [0.05, 0.1) is 13.2 Å². The van der Waals surface area contributed by atoms with E-state index in [4.69, 9.17) is 4.74 Å². The van der Waals surface area contributed by atoms with E-state index in [1.54, 1.807) is 0 Å². The van der Waals surface area contributed by atoms with Crippen LogP contribution in [0, 0.1) is 6.92 Å². The van der Waals surface area contributed by atoms with Gasteiger partial charge >= 0.3 is 0 Å². The number of likely N-dealkylation sites (tertiary alicyclic amines) is 1. The number of carbonyl (C=O) groups is 1. The largest absolute Gasteiger partial charge is 0.365 e. The van der Waals surface area contributed by atoms with Crippen molar-refractivity contribution < 1.29 is 9.53 Å². The second kappa shape index (κ2) is 7.49. The van der Waals surface area contributed by atoms with Crippen molar-refractivity contribution in [2.24, 2.45) is 0 Å². The molecular formula is C16H24N4O2S. The second-order valence-electron chi connectivity index (χ2n) is 6.05. The van der Waals surface area contributed by atoms with Crippen molar-refractivity contribution in [1.29, 1.82) is 0 Å². The van der Waals surface area contributed by atoms with Gasteiger partial charge in [-0.1, -0.05) is 11.8 Å². The van der Waals surface area contributed by atoms with Crippen LogP contribution >= 0.6 is 11.8 Å². The number of anilines is 1. The highest BCUT2D eigenvalue weighted by molar-refractivity contribution is 7.98. The van der Waals surface area contributed by atoms with E-state index in [0.717, 1.165) is 49.1 Å². The van der Waals surface area contributed by atoms with Gasteiger partial charge in [-0.2, -0.15) is 0 Å². The minimum Gasteiger partial charge on any atom is -0.365 e. The molecule has 0 saturated carbocycles. The fourth-order valence-corrected chi connectivity index (χ4v) is 3.52. The smallest absolute Gasteiger partial charge is 0.253 e. The van der Waals surface area contributed by atoms with Gasteiger partial charge in [-0.3, -0.25) is 4.79 Å². The Morgan fingerprint density at radius 3 is 2.78 bits per heavy atom. The predicted octanol–water partition coefficient (Wildman–Crippen LogP) is 1.72. The molecular weight excluding hydrogens is 312 g/mol. The van der Waals surface area contributed by atoms with Crippen molar-refractivity contribution in [2.45, 2.75) is 37.4 Å². The van der Waals surface area contributed by atoms with Crippen LogP contribution in [-0.4, -0.2) is 65.9 Å². The number of rotatable bonds is 3. The summed E-state index contributed by atoms with van der Waals surface area (Å²) < 4.78 is 5.75. The van der Waals surface area contributed by atoms with Gasteiger partial charge in [0.2, 0.25) is 0 Å². The highest BCUT2D eigenvalue weighted by atomic mass is 32.2. The van der Waals surface area contributed by atoms with Crippen molar-refractivity contribution in [3.05, 3.63) is 11.8 Å². The summed E-state index contributed by atoms with van der Waals surface area (Å²) in [7, 11) is 0. The molecule has 0 aliphatic carbocycles. The van der Waals surface area contributed by atoms with Crippen LogP contribution in [0.1, 0.15) is 25.0 Å².